The number of nitrogens with zero attached hydrogens (tertiary/aromatic N) is 1. The summed E-state index contributed by atoms with van der Waals surface area (Å²) in [6.45, 7) is 26.2. The molecule has 154 valence electrons. The molecule has 0 aliphatic rings. The maximum Gasteiger partial charge on any atom is 0.0360 e. The van der Waals surface area contributed by atoms with E-state index in [0.29, 0.717) is 0 Å². The molecule has 0 saturated carbocycles. The zero-order chi connectivity index (χ0) is 21.5. The molecule has 1 heteroatoms. The normalized spacial score (nSPS) is 8.84. The van der Waals surface area contributed by atoms with E-state index in [4.69, 9.17) is 0 Å². The van der Waals surface area contributed by atoms with Gasteiger partial charge >= 0.3 is 0 Å². The second-order valence-corrected chi connectivity index (χ2v) is 5.04. The molecule has 0 heterocycles. The van der Waals surface area contributed by atoms with Crippen LogP contribution >= 0.6 is 0 Å². The second kappa shape index (κ2) is 56.8. The summed E-state index contributed by atoms with van der Waals surface area (Å²) in [5, 5.41) is 0. The lowest BCUT2D eigenvalue weighted by molar-refractivity contribution is 0.544. The third kappa shape index (κ3) is 83.9. The molecule has 0 atom stereocenters. The fourth-order valence-corrected chi connectivity index (χ4v) is 1.05. The third-order valence-electron chi connectivity index (χ3n) is 2.69. The lowest BCUT2D eigenvalue weighted by Gasteiger charge is -1.98. The van der Waals surface area contributed by atoms with Crippen molar-refractivity contribution in [3.63, 3.8) is 0 Å². The third-order valence-corrected chi connectivity index (χ3v) is 2.69. The van der Waals surface area contributed by atoms with Crippen molar-refractivity contribution in [2.24, 2.45) is 10.9 Å². The molecule has 0 rings (SSSR count). The highest BCUT2D eigenvalue weighted by Gasteiger charge is 1.88. The summed E-state index contributed by atoms with van der Waals surface area (Å²) in [5.74, 6) is 0.935. The van der Waals surface area contributed by atoms with E-state index in [9.17, 15) is 0 Å². The van der Waals surface area contributed by atoms with E-state index in [1.54, 1.807) is 0 Å². The van der Waals surface area contributed by atoms with Crippen LogP contribution in [0.5, 0.6) is 0 Å². The molecule has 0 radical (unpaired) electrons. The quantitative estimate of drug-likeness (QED) is 0.333. The fraction of sp³-hybridized carbons (Fsp3) is 0.792. The molecule has 0 amide bonds. The van der Waals surface area contributed by atoms with Crippen molar-refractivity contribution in [2.45, 2.75) is 115 Å². The summed E-state index contributed by atoms with van der Waals surface area (Å²) < 4.78 is 0. The Morgan fingerprint density at radius 1 is 0.880 bits per heavy atom. The zero-order valence-electron chi connectivity index (χ0n) is 20.1. The van der Waals surface area contributed by atoms with Gasteiger partial charge < -0.3 is 0 Å². The molecule has 0 spiro atoms. The predicted octanol–water partition coefficient (Wildman–Crippen LogP) is 8.98. The van der Waals surface area contributed by atoms with Crippen LogP contribution in [0.2, 0.25) is 0 Å². The summed E-state index contributed by atoms with van der Waals surface area (Å²) >= 11 is 0. The highest BCUT2D eigenvalue weighted by molar-refractivity contribution is 5.71. The van der Waals surface area contributed by atoms with Gasteiger partial charge in [-0.2, -0.15) is 0 Å². The molecule has 0 aliphatic carbocycles. The molecular formula is C24H53N. The lowest BCUT2D eigenvalue weighted by atomic mass is 10.1. The predicted molar refractivity (Wildman–Crippen MR) is 126 cm³/mol. The van der Waals surface area contributed by atoms with E-state index in [-0.39, 0.29) is 0 Å². The molecular weight excluding hydrogens is 302 g/mol. The molecule has 0 N–H and O–H groups in total. The number of hydrogen-bond donors (Lipinski definition) is 0. The minimum Gasteiger partial charge on any atom is -0.293 e. The zero-order valence-corrected chi connectivity index (χ0v) is 20.1. The number of allylic oxidation sites excluding steroid dienone is 2. The van der Waals surface area contributed by atoms with Gasteiger partial charge in [0.15, 0.2) is 0 Å². The molecule has 0 unspecified atom stereocenters. The summed E-state index contributed by atoms with van der Waals surface area (Å²) in [6.07, 6.45) is 18.3. The fourth-order valence-electron chi connectivity index (χ4n) is 1.05. The molecule has 0 aliphatic heterocycles. The van der Waals surface area contributed by atoms with Gasteiger partial charge in [-0.3, -0.25) is 4.99 Å². The first-order valence-electron chi connectivity index (χ1n) is 10.5. The van der Waals surface area contributed by atoms with Crippen LogP contribution in [-0.4, -0.2) is 12.8 Å². The van der Waals surface area contributed by atoms with Crippen molar-refractivity contribution < 1.29 is 0 Å². The van der Waals surface area contributed by atoms with Crippen molar-refractivity contribution in [3.05, 3.63) is 11.6 Å². The van der Waals surface area contributed by atoms with E-state index in [0.717, 1.165) is 12.5 Å². The highest BCUT2D eigenvalue weighted by Crippen LogP contribution is 2.03. The van der Waals surface area contributed by atoms with E-state index in [1.807, 2.05) is 40.8 Å². The maximum absolute atomic E-state index is 4.09. The van der Waals surface area contributed by atoms with E-state index >= 15 is 0 Å². The van der Waals surface area contributed by atoms with Crippen LogP contribution in [-0.2, 0) is 0 Å². The van der Waals surface area contributed by atoms with Crippen molar-refractivity contribution in [1.29, 1.82) is 0 Å². The largest absolute Gasteiger partial charge is 0.293 e. The Morgan fingerprint density at radius 3 is 1.44 bits per heavy atom. The number of terminal acetylenes is 1. The van der Waals surface area contributed by atoms with Gasteiger partial charge in [0.1, 0.15) is 0 Å². The molecule has 0 saturated heterocycles. The van der Waals surface area contributed by atoms with Gasteiger partial charge in [-0.1, -0.05) is 100 Å². The van der Waals surface area contributed by atoms with Gasteiger partial charge in [0.2, 0.25) is 0 Å². The molecule has 1 nitrogen and oxygen atoms in total. The first-order valence-corrected chi connectivity index (χ1v) is 10.5. The lowest BCUT2D eigenvalue weighted by Crippen LogP contribution is -1.85. The molecule has 25 heavy (non-hydrogen) atoms. The molecule has 0 bridgehead atoms. The van der Waals surface area contributed by atoms with E-state index < -0.39 is 0 Å². The van der Waals surface area contributed by atoms with Gasteiger partial charge in [0.05, 0.1) is 0 Å². The Kier molecular flexibility index (Phi) is 89.0. The van der Waals surface area contributed by atoms with Crippen molar-refractivity contribution in [3.8, 4) is 12.8 Å². The van der Waals surface area contributed by atoms with Crippen LogP contribution in [0.25, 0.3) is 0 Å². The number of rotatable bonds is 6. The van der Waals surface area contributed by atoms with Gasteiger partial charge in [-0.15, -0.1) is 12.8 Å². The minimum absolute atomic E-state index is 0.885. The van der Waals surface area contributed by atoms with Crippen LogP contribution < -0.4 is 0 Å². The van der Waals surface area contributed by atoms with Gasteiger partial charge in [-0.05, 0) is 32.3 Å². The molecule has 0 aromatic rings. The monoisotopic (exact) mass is 355 g/mol. The first-order chi connectivity index (χ1) is 12.0. The smallest absolute Gasteiger partial charge is 0.0360 e. The average molecular weight is 356 g/mol. The number of aliphatic imine (C=N–C) groups is 1. The van der Waals surface area contributed by atoms with Crippen LogP contribution in [0.15, 0.2) is 16.6 Å². The Labute approximate surface area is 163 Å². The van der Waals surface area contributed by atoms with E-state index in [1.165, 1.54) is 37.7 Å². The summed E-state index contributed by atoms with van der Waals surface area (Å²) in [4.78, 5) is 4.09. The first kappa shape index (κ1) is 39.2. The Morgan fingerprint density at radius 2 is 1.24 bits per heavy atom. The highest BCUT2D eigenvalue weighted by atomic mass is 14.7. The summed E-state index contributed by atoms with van der Waals surface area (Å²) in [5.41, 5.74) is 1.42. The SMILES string of the molecule is C#C.CC.CC.CCC.CCC(C)CC.CCC/C(C)=C/C=NCC. The summed E-state index contributed by atoms with van der Waals surface area (Å²) in [6, 6.07) is 0. The topological polar surface area (TPSA) is 12.4 Å². The van der Waals surface area contributed by atoms with E-state index in [2.05, 4.69) is 72.4 Å². The minimum atomic E-state index is 0.885. The van der Waals surface area contributed by atoms with Crippen LogP contribution in [0, 0.1) is 18.8 Å². The molecule has 0 aromatic carbocycles. The Balaban J connectivity index is -0.0000000515. The standard InChI is InChI=1S/C9H17N.C6H14.C3H8.2C2H6.C2H2/c1-4-6-9(3)7-8-10-5-2;1-4-6(3)5-2;1-3-2;3*1-2/h7-8H,4-6H2,1-3H3;6H,4-5H2,1-3H3;3H2,1-2H3;2*1-2H3;1-2H/b9-7+,10-8?;;;;;. The molecule has 0 fully saturated rings. The van der Waals surface area contributed by atoms with Gasteiger partial charge in [0, 0.05) is 12.8 Å². The van der Waals surface area contributed by atoms with Crippen molar-refractivity contribution in [1.82, 2.24) is 0 Å². The Bertz CT molecular complexity index is 219. The molecule has 0 aromatic heterocycles. The maximum atomic E-state index is 4.09. The van der Waals surface area contributed by atoms with Gasteiger partial charge in [0.25, 0.3) is 0 Å². The number of hydrogen-bond acceptors (Lipinski definition) is 1. The van der Waals surface area contributed by atoms with Crippen LogP contribution in [0.3, 0.4) is 0 Å². The average Bonchev–Trinajstić information content (AvgIpc) is 2.67. The van der Waals surface area contributed by atoms with Crippen molar-refractivity contribution >= 4 is 6.21 Å². The van der Waals surface area contributed by atoms with Crippen molar-refractivity contribution in [2.75, 3.05) is 6.54 Å². The van der Waals surface area contributed by atoms with Crippen LogP contribution in [0.4, 0.5) is 0 Å². The second-order valence-electron chi connectivity index (χ2n) is 5.04. The van der Waals surface area contributed by atoms with Gasteiger partial charge in [-0.25, -0.2) is 0 Å². The van der Waals surface area contributed by atoms with Crippen LogP contribution in [0.1, 0.15) is 115 Å². The summed E-state index contributed by atoms with van der Waals surface area (Å²) in [7, 11) is 0. The Hall–Kier alpha value is -1.03.